The number of nitrogens with zero attached hydrogens (tertiary/aromatic N) is 3. The van der Waals surface area contributed by atoms with Crippen LogP contribution in [0, 0.1) is 20.2 Å². The second-order valence-electron chi connectivity index (χ2n) is 5.08. The molecule has 0 bridgehead atoms. The highest BCUT2D eigenvalue weighted by atomic mass is 16.6. The third-order valence-electron chi connectivity index (χ3n) is 3.59. The van der Waals surface area contributed by atoms with E-state index >= 15 is 0 Å². The van der Waals surface area contributed by atoms with Crippen LogP contribution in [0.3, 0.4) is 0 Å². The van der Waals surface area contributed by atoms with Crippen LogP contribution >= 0.6 is 0 Å². The zero-order chi connectivity index (χ0) is 17.1. The fourth-order valence-corrected chi connectivity index (χ4v) is 2.58. The monoisotopic (exact) mass is 324 g/mol. The van der Waals surface area contributed by atoms with E-state index in [0.717, 1.165) is 5.56 Å². The fourth-order valence-electron chi connectivity index (χ4n) is 2.58. The van der Waals surface area contributed by atoms with E-state index in [-0.39, 0.29) is 11.4 Å². The van der Waals surface area contributed by atoms with Gasteiger partial charge in [0.05, 0.1) is 9.85 Å². The minimum absolute atomic E-state index is 0.142. The molecule has 0 atom stereocenters. The van der Waals surface area contributed by atoms with E-state index in [9.17, 15) is 20.2 Å². The first-order chi connectivity index (χ1) is 11.6. The largest absolute Gasteiger partial charge is 0.357 e. The van der Waals surface area contributed by atoms with E-state index in [2.05, 4.69) is 9.97 Å². The third-order valence-corrected chi connectivity index (χ3v) is 3.59. The van der Waals surface area contributed by atoms with Gasteiger partial charge in [-0.15, -0.1) is 0 Å². The van der Waals surface area contributed by atoms with Gasteiger partial charge in [-0.2, -0.15) is 0 Å². The number of nitro groups is 2. The number of nitro benzene ring substituents is 2. The summed E-state index contributed by atoms with van der Waals surface area (Å²) in [7, 11) is 0. The number of aromatic nitrogens is 2. The second kappa shape index (κ2) is 6.29. The standard InChI is InChI=1S/C16H12N4O4/c21-19(22)13-7-6-12(10-11-4-2-1-3-5-11)14(15(13)20(23)24)16-17-8-9-18-16/h1-9H,10H2,(H,17,18). The lowest BCUT2D eigenvalue weighted by Gasteiger charge is -2.09. The normalized spacial score (nSPS) is 10.5. The molecule has 8 heteroatoms. The SMILES string of the molecule is O=[N+]([O-])c1ccc(Cc2ccccc2)c(-c2ncc[nH]2)c1[N+](=O)[O-]. The molecule has 1 N–H and O–H groups in total. The van der Waals surface area contributed by atoms with E-state index < -0.39 is 21.2 Å². The number of aromatic amines is 1. The van der Waals surface area contributed by atoms with Crippen molar-refractivity contribution in [2.75, 3.05) is 0 Å². The first-order valence-corrected chi connectivity index (χ1v) is 7.06. The molecular weight excluding hydrogens is 312 g/mol. The molecule has 0 aliphatic heterocycles. The van der Waals surface area contributed by atoms with Crippen LogP contribution in [0.5, 0.6) is 0 Å². The van der Waals surface area contributed by atoms with Crippen LogP contribution in [-0.4, -0.2) is 19.8 Å². The highest BCUT2D eigenvalue weighted by Crippen LogP contribution is 2.39. The molecule has 0 amide bonds. The molecule has 3 aromatic rings. The van der Waals surface area contributed by atoms with Gasteiger partial charge in [-0.1, -0.05) is 36.4 Å². The van der Waals surface area contributed by atoms with Gasteiger partial charge >= 0.3 is 11.4 Å². The number of rotatable bonds is 5. The van der Waals surface area contributed by atoms with E-state index in [4.69, 9.17) is 0 Å². The van der Waals surface area contributed by atoms with Gasteiger partial charge in [-0.05, 0) is 17.5 Å². The molecule has 1 aromatic heterocycles. The molecular formula is C16H12N4O4. The average Bonchev–Trinajstić information content (AvgIpc) is 3.09. The quantitative estimate of drug-likeness (QED) is 0.570. The van der Waals surface area contributed by atoms with Crippen LogP contribution in [-0.2, 0) is 6.42 Å². The van der Waals surface area contributed by atoms with E-state index in [1.54, 1.807) is 0 Å². The van der Waals surface area contributed by atoms with Crippen molar-refractivity contribution in [3.05, 3.63) is 86.2 Å². The third kappa shape index (κ3) is 2.84. The van der Waals surface area contributed by atoms with Crippen molar-refractivity contribution >= 4 is 11.4 Å². The number of nitrogens with one attached hydrogen (secondary N) is 1. The molecule has 3 rings (SSSR count). The Labute approximate surface area is 136 Å². The molecule has 24 heavy (non-hydrogen) atoms. The second-order valence-corrected chi connectivity index (χ2v) is 5.08. The Morgan fingerprint density at radius 3 is 2.33 bits per heavy atom. The van der Waals surface area contributed by atoms with Gasteiger partial charge < -0.3 is 4.98 Å². The molecule has 0 aliphatic rings. The minimum Gasteiger partial charge on any atom is -0.344 e. The molecule has 0 radical (unpaired) electrons. The Kier molecular flexibility index (Phi) is 4.02. The zero-order valence-electron chi connectivity index (χ0n) is 12.4. The van der Waals surface area contributed by atoms with Crippen LogP contribution < -0.4 is 0 Å². The maximum absolute atomic E-state index is 11.5. The van der Waals surface area contributed by atoms with Crippen molar-refractivity contribution in [1.82, 2.24) is 9.97 Å². The average molecular weight is 324 g/mol. The summed E-state index contributed by atoms with van der Waals surface area (Å²) < 4.78 is 0. The van der Waals surface area contributed by atoms with Crippen LogP contribution in [0.2, 0.25) is 0 Å². The molecule has 2 aromatic carbocycles. The summed E-state index contributed by atoms with van der Waals surface area (Å²) in [4.78, 5) is 28.1. The lowest BCUT2D eigenvalue weighted by Crippen LogP contribution is -2.03. The van der Waals surface area contributed by atoms with Crippen LogP contribution in [0.4, 0.5) is 11.4 Å². The molecule has 0 unspecified atom stereocenters. The Balaban J connectivity index is 2.24. The maximum atomic E-state index is 11.5. The fraction of sp³-hybridized carbons (Fsp3) is 0.0625. The molecule has 1 heterocycles. The van der Waals surface area contributed by atoms with Gasteiger partial charge in [-0.3, -0.25) is 20.2 Å². The molecule has 0 spiro atoms. The highest BCUT2D eigenvalue weighted by molar-refractivity contribution is 5.79. The van der Waals surface area contributed by atoms with Gasteiger partial charge in [0.25, 0.3) is 0 Å². The first kappa shape index (κ1) is 15.3. The molecule has 0 saturated carbocycles. The molecule has 0 fully saturated rings. The van der Waals surface area contributed by atoms with Gasteiger partial charge in [-0.25, -0.2) is 4.98 Å². The molecule has 0 aliphatic carbocycles. The molecule has 0 saturated heterocycles. The van der Waals surface area contributed by atoms with E-state index in [1.165, 1.54) is 24.5 Å². The lowest BCUT2D eigenvalue weighted by molar-refractivity contribution is -0.422. The lowest BCUT2D eigenvalue weighted by atomic mass is 9.97. The smallest absolute Gasteiger partial charge is 0.344 e. The predicted octanol–water partition coefficient (Wildman–Crippen LogP) is 3.48. The highest BCUT2D eigenvalue weighted by Gasteiger charge is 2.32. The van der Waals surface area contributed by atoms with Gasteiger partial charge in [0.15, 0.2) is 0 Å². The van der Waals surface area contributed by atoms with Crippen molar-refractivity contribution in [2.24, 2.45) is 0 Å². The van der Waals surface area contributed by atoms with Crippen LogP contribution in [0.15, 0.2) is 54.9 Å². The number of hydrogen-bond acceptors (Lipinski definition) is 5. The maximum Gasteiger partial charge on any atom is 0.357 e. The molecule has 120 valence electrons. The Morgan fingerprint density at radius 2 is 1.75 bits per heavy atom. The molecule has 8 nitrogen and oxygen atoms in total. The number of H-pyrrole nitrogens is 1. The Bertz CT molecular complexity index is 892. The Morgan fingerprint density at radius 1 is 1.00 bits per heavy atom. The van der Waals surface area contributed by atoms with Gasteiger partial charge in [0.2, 0.25) is 0 Å². The van der Waals surface area contributed by atoms with Crippen LogP contribution in [0.25, 0.3) is 11.4 Å². The van der Waals surface area contributed by atoms with Gasteiger partial charge in [0.1, 0.15) is 11.4 Å². The van der Waals surface area contributed by atoms with Crippen molar-refractivity contribution in [2.45, 2.75) is 6.42 Å². The summed E-state index contributed by atoms with van der Waals surface area (Å²) >= 11 is 0. The number of benzene rings is 2. The summed E-state index contributed by atoms with van der Waals surface area (Å²) in [5.41, 5.74) is 0.566. The summed E-state index contributed by atoms with van der Waals surface area (Å²) in [6.07, 6.45) is 3.37. The Hall–Kier alpha value is -3.55. The predicted molar refractivity (Wildman–Crippen MR) is 86.6 cm³/mol. The van der Waals surface area contributed by atoms with Gasteiger partial charge in [0, 0.05) is 18.5 Å². The summed E-state index contributed by atoms with van der Waals surface area (Å²) in [5.74, 6) is 0.233. The first-order valence-electron chi connectivity index (χ1n) is 7.06. The van der Waals surface area contributed by atoms with Crippen molar-refractivity contribution in [3.63, 3.8) is 0 Å². The van der Waals surface area contributed by atoms with E-state index in [1.807, 2.05) is 30.3 Å². The van der Waals surface area contributed by atoms with E-state index in [0.29, 0.717) is 12.0 Å². The topological polar surface area (TPSA) is 115 Å². The van der Waals surface area contributed by atoms with Crippen molar-refractivity contribution in [1.29, 1.82) is 0 Å². The number of hydrogen-bond donors (Lipinski definition) is 1. The minimum atomic E-state index is -0.753. The summed E-state index contributed by atoms with van der Waals surface area (Å²) in [6.45, 7) is 0. The summed E-state index contributed by atoms with van der Waals surface area (Å²) in [6, 6.07) is 12.1. The van der Waals surface area contributed by atoms with Crippen molar-refractivity contribution < 1.29 is 9.85 Å². The summed E-state index contributed by atoms with van der Waals surface area (Å²) in [5, 5.41) is 22.7. The number of imidazole rings is 1. The zero-order valence-corrected chi connectivity index (χ0v) is 12.4. The van der Waals surface area contributed by atoms with Crippen molar-refractivity contribution in [3.8, 4) is 11.4 Å². The van der Waals surface area contributed by atoms with Crippen LogP contribution in [0.1, 0.15) is 11.1 Å².